The smallest absolute Gasteiger partial charge is 0.251 e. The average molecular weight is 402 g/mol. The number of hydrogen-bond acceptors (Lipinski definition) is 3. The molecule has 1 amide bonds. The van der Waals surface area contributed by atoms with Crippen LogP contribution < -0.4 is 10.2 Å². The number of carbonyl (C=O) groups excluding carboxylic acids is 1. The second-order valence-electron chi connectivity index (χ2n) is 6.83. The molecule has 144 valence electrons. The van der Waals surface area contributed by atoms with Crippen LogP contribution in [0.5, 0.6) is 0 Å². The van der Waals surface area contributed by atoms with Gasteiger partial charge in [-0.2, -0.15) is 0 Å². The summed E-state index contributed by atoms with van der Waals surface area (Å²) in [7, 11) is 0. The van der Waals surface area contributed by atoms with Gasteiger partial charge in [0, 0.05) is 29.2 Å². The summed E-state index contributed by atoms with van der Waals surface area (Å²) in [5.41, 5.74) is 4.53. The number of rotatable bonds is 8. The van der Waals surface area contributed by atoms with E-state index in [-0.39, 0.29) is 5.91 Å². The normalized spacial score (nSPS) is 14.6. The lowest BCUT2D eigenvalue weighted by molar-refractivity contribution is -0.910. The van der Waals surface area contributed by atoms with E-state index in [0.717, 1.165) is 30.8 Å². The maximum atomic E-state index is 12.4. The third-order valence-corrected chi connectivity index (χ3v) is 8.10. The van der Waals surface area contributed by atoms with Crippen LogP contribution in [0.15, 0.2) is 48.5 Å². The van der Waals surface area contributed by atoms with Gasteiger partial charge in [-0.3, -0.25) is 4.79 Å². The van der Waals surface area contributed by atoms with Gasteiger partial charge in [-0.15, -0.1) is 23.5 Å². The van der Waals surface area contributed by atoms with E-state index in [0.29, 0.717) is 11.1 Å². The average Bonchev–Trinajstić information content (AvgIpc) is 3.26. The highest BCUT2D eigenvalue weighted by molar-refractivity contribution is 8.19. The summed E-state index contributed by atoms with van der Waals surface area (Å²) in [6.07, 6.45) is 0. The number of nitrogens with one attached hydrogen (secondary N) is 2. The van der Waals surface area contributed by atoms with Crippen molar-refractivity contribution < 1.29 is 9.69 Å². The first-order valence-electron chi connectivity index (χ1n) is 9.72. The molecule has 0 saturated carbocycles. The molecular formula is C22H29N2OS2+. The molecule has 0 unspecified atom stereocenters. The Labute approximate surface area is 171 Å². The van der Waals surface area contributed by atoms with E-state index in [9.17, 15) is 4.79 Å². The van der Waals surface area contributed by atoms with Crippen molar-refractivity contribution in [3.8, 4) is 0 Å². The zero-order valence-electron chi connectivity index (χ0n) is 16.2. The van der Waals surface area contributed by atoms with Gasteiger partial charge >= 0.3 is 0 Å². The third-order valence-electron chi connectivity index (χ3n) is 5.00. The highest BCUT2D eigenvalue weighted by atomic mass is 32.2. The molecule has 1 fully saturated rings. The van der Waals surface area contributed by atoms with E-state index in [2.05, 4.69) is 55.6 Å². The standard InChI is InChI=1S/C22H28N2OS2/c1-3-24(4-2)16-18-7-5-17(6-8-18)15-23-21(25)19-9-11-20(12-10-19)22-26-13-14-27-22/h5-12,22H,3-4,13-16H2,1-2H3,(H,23,25)/p+1. The summed E-state index contributed by atoms with van der Waals surface area (Å²) in [5.74, 6) is 2.42. The van der Waals surface area contributed by atoms with Crippen molar-refractivity contribution in [1.82, 2.24) is 5.32 Å². The molecule has 5 heteroatoms. The van der Waals surface area contributed by atoms with Gasteiger partial charge in [0.1, 0.15) is 6.54 Å². The summed E-state index contributed by atoms with van der Waals surface area (Å²) < 4.78 is 0.527. The highest BCUT2D eigenvalue weighted by Gasteiger charge is 2.18. The Bertz CT molecular complexity index is 721. The minimum Gasteiger partial charge on any atom is -0.348 e. The maximum absolute atomic E-state index is 12.4. The Morgan fingerprint density at radius 1 is 0.963 bits per heavy atom. The molecule has 3 rings (SSSR count). The van der Waals surface area contributed by atoms with Crippen molar-refractivity contribution >= 4 is 29.4 Å². The number of benzene rings is 2. The van der Waals surface area contributed by atoms with Crippen molar-refractivity contribution in [3.63, 3.8) is 0 Å². The van der Waals surface area contributed by atoms with Gasteiger partial charge in [0.25, 0.3) is 5.91 Å². The molecule has 0 spiro atoms. The largest absolute Gasteiger partial charge is 0.348 e. The van der Waals surface area contributed by atoms with E-state index in [1.807, 2.05) is 35.7 Å². The number of amides is 1. The Kier molecular flexibility index (Phi) is 7.68. The molecule has 1 heterocycles. The van der Waals surface area contributed by atoms with Gasteiger partial charge in [-0.25, -0.2) is 0 Å². The van der Waals surface area contributed by atoms with Crippen LogP contribution in [-0.4, -0.2) is 30.5 Å². The number of quaternary nitrogens is 1. The molecule has 1 aliphatic rings. The van der Waals surface area contributed by atoms with Gasteiger partial charge < -0.3 is 10.2 Å². The van der Waals surface area contributed by atoms with Crippen molar-refractivity contribution in [3.05, 3.63) is 70.8 Å². The van der Waals surface area contributed by atoms with Crippen LogP contribution in [-0.2, 0) is 13.1 Å². The molecule has 1 aliphatic heterocycles. The quantitative estimate of drug-likeness (QED) is 0.710. The second-order valence-corrected chi connectivity index (χ2v) is 9.55. The second kappa shape index (κ2) is 10.2. The molecule has 1 saturated heterocycles. The number of thioether (sulfide) groups is 2. The first kappa shape index (κ1) is 20.3. The predicted octanol–water partition coefficient (Wildman–Crippen LogP) is 3.52. The molecule has 3 nitrogen and oxygen atoms in total. The summed E-state index contributed by atoms with van der Waals surface area (Å²) in [4.78, 5) is 14.0. The fourth-order valence-corrected chi connectivity index (χ4v) is 6.05. The van der Waals surface area contributed by atoms with Gasteiger partial charge in [-0.05, 0) is 37.1 Å². The van der Waals surface area contributed by atoms with Crippen LogP contribution in [0, 0.1) is 0 Å². The Morgan fingerprint density at radius 2 is 1.56 bits per heavy atom. The minimum absolute atomic E-state index is 0.00931. The SMILES string of the molecule is CC[NH+](CC)Cc1ccc(CNC(=O)c2ccc(C3SCCS3)cc2)cc1. The summed E-state index contributed by atoms with van der Waals surface area (Å²) >= 11 is 3.97. The number of carbonyl (C=O) groups is 1. The Balaban J connectivity index is 1.51. The molecule has 2 aromatic carbocycles. The zero-order chi connectivity index (χ0) is 19.1. The molecule has 0 bridgehead atoms. The van der Waals surface area contributed by atoms with Crippen LogP contribution in [0.3, 0.4) is 0 Å². The van der Waals surface area contributed by atoms with Gasteiger partial charge in [-0.1, -0.05) is 36.4 Å². The Hall–Kier alpha value is -1.43. The van der Waals surface area contributed by atoms with Crippen LogP contribution in [0.25, 0.3) is 0 Å². The van der Waals surface area contributed by atoms with Gasteiger partial charge in [0.15, 0.2) is 0 Å². The lowest BCUT2D eigenvalue weighted by atomic mass is 10.1. The topological polar surface area (TPSA) is 33.5 Å². The molecule has 27 heavy (non-hydrogen) atoms. The van der Waals surface area contributed by atoms with E-state index in [1.165, 1.54) is 22.6 Å². The predicted molar refractivity (Wildman–Crippen MR) is 117 cm³/mol. The number of hydrogen-bond donors (Lipinski definition) is 2. The molecule has 0 aromatic heterocycles. The molecule has 2 aromatic rings. The van der Waals surface area contributed by atoms with Crippen molar-refractivity contribution in [2.24, 2.45) is 0 Å². The Morgan fingerprint density at radius 3 is 2.15 bits per heavy atom. The fourth-order valence-electron chi connectivity index (χ4n) is 3.19. The molecule has 2 N–H and O–H groups in total. The van der Waals surface area contributed by atoms with Gasteiger partial charge in [0.2, 0.25) is 0 Å². The zero-order valence-corrected chi connectivity index (χ0v) is 17.8. The lowest BCUT2D eigenvalue weighted by Gasteiger charge is -2.15. The lowest BCUT2D eigenvalue weighted by Crippen LogP contribution is -3.10. The fraction of sp³-hybridized carbons (Fsp3) is 0.409. The monoisotopic (exact) mass is 401 g/mol. The van der Waals surface area contributed by atoms with E-state index in [4.69, 9.17) is 0 Å². The van der Waals surface area contributed by atoms with E-state index < -0.39 is 0 Å². The van der Waals surface area contributed by atoms with Crippen molar-refractivity contribution in [1.29, 1.82) is 0 Å². The summed E-state index contributed by atoms with van der Waals surface area (Å²) in [6.45, 7) is 8.36. The van der Waals surface area contributed by atoms with Gasteiger partial charge in [0.05, 0.1) is 17.7 Å². The van der Waals surface area contributed by atoms with Crippen molar-refractivity contribution in [2.45, 2.75) is 31.5 Å². The van der Waals surface area contributed by atoms with Crippen LogP contribution >= 0.6 is 23.5 Å². The van der Waals surface area contributed by atoms with Crippen LogP contribution in [0.1, 0.15) is 45.5 Å². The van der Waals surface area contributed by atoms with Crippen molar-refractivity contribution in [2.75, 3.05) is 24.6 Å². The van der Waals surface area contributed by atoms with E-state index in [1.54, 1.807) is 4.90 Å². The molecule has 0 atom stereocenters. The molecule has 0 aliphatic carbocycles. The molecular weight excluding hydrogens is 372 g/mol. The third kappa shape index (κ3) is 5.77. The maximum Gasteiger partial charge on any atom is 0.251 e. The summed E-state index contributed by atoms with van der Waals surface area (Å²) in [6, 6.07) is 16.7. The summed E-state index contributed by atoms with van der Waals surface area (Å²) in [5, 5.41) is 3.03. The first-order chi connectivity index (χ1) is 13.2. The van der Waals surface area contributed by atoms with Crippen LogP contribution in [0.2, 0.25) is 0 Å². The highest BCUT2D eigenvalue weighted by Crippen LogP contribution is 2.45. The molecule has 0 radical (unpaired) electrons. The van der Waals surface area contributed by atoms with E-state index >= 15 is 0 Å². The first-order valence-corrected chi connectivity index (χ1v) is 11.8. The van der Waals surface area contributed by atoms with Crippen LogP contribution in [0.4, 0.5) is 0 Å². The minimum atomic E-state index is -0.00931.